The first-order valence-corrected chi connectivity index (χ1v) is 8.65. The number of carboxylic acids is 1. The second-order valence-corrected chi connectivity index (χ2v) is 6.47. The zero-order valence-corrected chi connectivity index (χ0v) is 15.2. The van der Waals surface area contributed by atoms with Crippen LogP contribution >= 0.6 is 0 Å². The van der Waals surface area contributed by atoms with Crippen molar-refractivity contribution in [2.75, 3.05) is 36.8 Å². The Balaban J connectivity index is 2.17. The highest BCUT2D eigenvalue weighted by molar-refractivity contribution is 6.00. The molecule has 1 amide bonds. The summed E-state index contributed by atoms with van der Waals surface area (Å²) in [6, 6.07) is 1.05. The minimum absolute atomic E-state index is 0.0392. The highest BCUT2D eigenvalue weighted by atomic mass is 19.1. The molecular formula is C18H21FN4O4. The molecule has 144 valence electrons. The first-order valence-electron chi connectivity index (χ1n) is 8.65. The average Bonchev–Trinajstić information content (AvgIpc) is 2.62. The van der Waals surface area contributed by atoms with Crippen LogP contribution in [0.2, 0.25) is 0 Å². The first-order chi connectivity index (χ1) is 12.8. The lowest BCUT2D eigenvalue weighted by Crippen LogP contribution is -2.48. The van der Waals surface area contributed by atoms with Crippen molar-refractivity contribution in [1.82, 2.24) is 9.47 Å². The van der Waals surface area contributed by atoms with Gasteiger partial charge in [-0.05, 0) is 13.0 Å². The molecule has 2 aromatic rings. The average molecular weight is 376 g/mol. The summed E-state index contributed by atoms with van der Waals surface area (Å²) in [7, 11) is 0. The van der Waals surface area contributed by atoms with E-state index in [1.165, 1.54) is 13.1 Å². The number of hydrogen-bond acceptors (Lipinski definition) is 5. The van der Waals surface area contributed by atoms with E-state index < -0.39 is 22.8 Å². The Morgan fingerprint density at radius 3 is 2.41 bits per heavy atom. The van der Waals surface area contributed by atoms with E-state index in [2.05, 4.69) is 0 Å². The summed E-state index contributed by atoms with van der Waals surface area (Å²) in [6.07, 6.45) is 1.23. The van der Waals surface area contributed by atoms with Gasteiger partial charge in [0.2, 0.25) is 11.3 Å². The second-order valence-electron chi connectivity index (χ2n) is 6.47. The summed E-state index contributed by atoms with van der Waals surface area (Å²) in [5, 5.41) is 9.18. The molecule has 1 aliphatic heterocycles. The van der Waals surface area contributed by atoms with Gasteiger partial charge in [-0.2, -0.15) is 0 Å². The van der Waals surface area contributed by atoms with Crippen LogP contribution < -0.4 is 16.1 Å². The molecule has 1 fully saturated rings. The van der Waals surface area contributed by atoms with Crippen LogP contribution in [0.3, 0.4) is 0 Å². The third-order valence-electron chi connectivity index (χ3n) is 4.94. The van der Waals surface area contributed by atoms with Gasteiger partial charge in [0.25, 0.3) is 0 Å². The maximum Gasteiger partial charge on any atom is 0.341 e. The van der Waals surface area contributed by atoms with E-state index in [9.17, 15) is 23.9 Å². The number of amides is 1. The molecular weight excluding hydrogens is 355 g/mol. The van der Waals surface area contributed by atoms with Gasteiger partial charge >= 0.3 is 5.97 Å². The van der Waals surface area contributed by atoms with Crippen LogP contribution in [0.15, 0.2) is 17.1 Å². The molecule has 1 aliphatic rings. The standard InChI is InChI=1S/C18H21FN4O4/c1-3-21-9-12(18(26)27)17(25)11-8-13(19)16(14(20)15(11)21)23-6-4-22(5-7-23)10(2)24/h8-9H,3-7,20H2,1-2H3,(H,26,27). The number of carbonyl (C=O) groups is 2. The molecule has 3 rings (SSSR count). The van der Waals surface area contributed by atoms with Gasteiger partial charge < -0.3 is 25.2 Å². The van der Waals surface area contributed by atoms with E-state index >= 15 is 0 Å². The van der Waals surface area contributed by atoms with Crippen molar-refractivity contribution in [2.24, 2.45) is 0 Å². The smallest absolute Gasteiger partial charge is 0.341 e. The number of aryl methyl sites for hydroxylation is 1. The maximum atomic E-state index is 14.9. The molecule has 8 nitrogen and oxygen atoms in total. The Kier molecular flexibility index (Phi) is 4.77. The van der Waals surface area contributed by atoms with Crippen molar-refractivity contribution in [3.8, 4) is 0 Å². The van der Waals surface area contributed by atoms with Crippen molar-refractivity contribution < 1.29 is 19.1 Å². The molecule has 9 heteroatoms. The van der Waals surface area contributed by atoms with Gasteiger partial charge in [0, 0.05) is 45.8 Å². The number of piperazine rings is 1. The van der Waals surface area contributed by atoms with Crippen LogP contribution in [0.25, 0.3) is 10.9 Å². The normalized spacial score (nSPS) is 14.6. The number of benzene rings is 1. The summed E-state index contributed by atoms with van der Waals surface area (Å²) in [5.74, 6) is -2.09. The fourth-order valence-corrected chi connectivity index (χ4v) is 3.52. The van der Waals surface area contributed by atoms with Crippen LogP contribution in [-0.2, 0) is 11.3 Å². The predicted octanol–water partition coefficient (Wildman–Crippen LogP) is 1.11. The number of aromatic carboxylic acids is 1. The number of pyridine rings is 1. The van der Waals surface area contributed by atoms with Crippen LogP contribution in [0.4, 0.5) is 15.8 Å². The molecule has 0 aliphatic carbocycles. The summed E-state index contributed by atoms with van der Waals surface area (Å²) in [5.41, 5.74) is 5.65. The lowest BCUT2D eigenvalue weighted by Gasteiger charge is -2.36. The van der Waals surface area contributed by atoms with Crippen molar-refractivity contribution in [1.29, 1.82) is 0 Å². The van der Waals surface area contributed by atoms with Gasteiger partial charge in [0.1, 0.15) is 11.4 Å². The molecule has 0 radical (unpaired) electrons. The van der Waals surface area contributed by atoms with E-state index in [1.54, 1.807) is 21.3 Å². The summed E-state index contributed by atoms with van der Waals surface area (Å²) < 4.78 is 16.4. The van der Waals surface area contributed by atoms with Gasteiger partial charge in [0.15, 0.2) is 0 Å². The van der Waals surface area contributed by atoms with E-state index in [-0.39, 0.29) is 22.7 Å². The van der Waals surface area contributed by atoms with Gasteiger partial charge in [-0.1, -0.05) is 0 Å². The Morgan fingerprint density at radius 1 is 1.26 bits per heavy atom. The number of fused-ring (bicyclic) bond motifs is 1. The van der Waals surface area contributed by atoms with Gasteiger partial charge in [-0.25, -0.2) is 9.18 Å². The summed E-state index contributed by atoms with van der Waals surface area (Å²) >= 11 is 0. The van der Waals surface area contributed by atoms with Crippen molar-refractivity contribution in [3.63, 3.8) is 0 Å². The molecule has 0 unspecified atom stereocenters. The number of nitrogens with zero attached hydrogens (tertiary/aromatic N) is 3. The number of nitrogen functional groups attached to an aromatic ring is 1. The molecule has 3 N–H and O–H groups in total. The van der Waals surface area contributed by atoms with E-state index in [0.717, 1.165) is 6.07 Å². The number of rotatable bonds is 3. The fourth-order valence-electron chi connectivity index (χ4n) is 3.52. The van der Waals surface area contributed by atoms with Gasteiger partial charge in [-0.3, -0.25) is 9.59 Å². The molecule has 2 heterocycles. The lowest BCUT2D eigenvalue weighted by molar-refractivity contribution is -0.129. The predicted molar refractivity (Wildman–Crippen MR) is 99.7 cm³/mol. The van der Waals surface area contributed by atoms with Gasteiger partial charge in [-0.15, -0.1) is 0 Å². The molecule has 0 saturated carbocycles. The molecule has 0 atom stereocenters. The zero-order chi connectivity index (χ0) is 19.9. The number of anilines is 2. The SMILES string of the molecule is CCn1cc(C(=O)O)c(=O)c2cc(F)c(N3CCN(C(C)=O)CC3)c(N)c21. The Hall–Kier alpha value is -3.10. The van der Waals surface area contributed by atoms with E-state index in [0.29, 0.717) is 38.2 Å². The van der Waals surface area contributed by atoms with Crippen molar-refractivity contribution in [3.05, 3.63) is 33.9 Å². The van der Waals surface area contributed by atoms with Crippen molar-refractivity contribution in [2.45, 2.75) is 20.4 Å². The lowest BCUT2D eigenvalue weighted by atomic mass is 10.1. The molecule has 0 bridgehead atoms. The number of halogens is 1. The number of aromatic nitrogens is 1. The molecule has 0 spiro atoms. The molecule has 1 saturated heterocycles. The quantitative estimate of drug-likeness (QED) is 0.777. The van der Waals surface area contributed by atoms with Crippen LogP contribution in [0.5, 0.6) is 0 Å². The largest absolute Gasteiger partial charge is 0.477 e. The highest BCUT2D eigenvalue weighted by Gasteiger charge is 2.26. The minimum atomic E-state index is -1.37. The third kappa shape index (κ3) is 3.09. The van der Waals surface area contributed by atoms with E-state index in [4.69, 9.17) is 5.73 Å². The Morgan fingerprint density at radius 2 is 1.89 bits per heavy atom. The minimum Gasteiger partial charge on any atom is -0.477 e. The summed E-state index contributed by atoms with van der Waals surface area (Å²) in [4.78, 5) is 38.7. The second kappa shape index (κ2) is 6.90. The van der Waals surface area contributed by atoms with Gasteiger partial charge in [0.05, 0.1) is 22.3 Å². The molecule has 1 aromatic heterocycles. The third-order valence-corrected chi connectivity index (χ3v) is 4.94. The number of nitrogens with two attached hydrogens (primary N) is 1. The summed E-state index contributed by atoms with van der Waals surface area (Å²) in [6.45, 7) is 5.36. The van der Waals surface area contributed by atoms with Crippen molar-refractivity contribution >= 4 is 34.2 Å². The highest BCUT2D eigenvalue weighted by Crippen LogP contribution is 2.34. The number of carboxylic acid groups (broad SMARTS) is 1. The Bertz CT molecular complexity index is 993. The number of hydrogen-bond donors (Lipinski definition) is 2. The monoisotopic (exact) mass is 376 g/mol. The fraction of sp³-hybridized carbons (Fsp3) is 0.389. The number of carbonyl (C=O) groups excluding carboxylic acids is 1. The molecule has 27 heavy (non-hydrogen) atoms. The topological polar surface area (TPSA) is 109 Å². The van der Waals surface area contributed by atoms with E-state index in [1.807, 2.05) is 0 Å². The van der Waals surface area contributed by atoms with Crippen LogP contribution in [-0.4, -0.2) is 52.6 Å². The van der Waals surface area contributed by atoms with Crippen LogP contribution in [0.1, 0.15) is 24.2 Å². The zero-order valence-electron chi connectivity index (χ0n) is 15.2. The Labute approximate surface area is 154 Å². The van der Waals surface area contributed by atoms with Crippen LogP contribution in [0, 0.1) is 5.82 Å². The molecule has 1 aromatic carbocycles. The maximum absolute atomic E-state index is 14.9. The first kappa shape index (κ1) is 18.7.